The smallest absolute Gasteiger partial charge is 0.0471 e. The molecule has 0 aromatic carbocycles. The molecule has 0 aliphatic carbocycles. The van der Waals surface area contributed by atoms with Crippen LogP contribution in [0.15, 0.2) is 0 Å². The predicted octanol–water partition coefficient (Wildman–Crippen LogP) is 2.04. The Kier molecular flexibility index (Phi) is 6.21. The van der Waals surface area contributed by atoms with Crippen LogP contribution in [0.3, 0.4) is 0 Å². The summed E-state index contributed by atoms with van der Waals surface area (Å²) in [6.07, 6.45) is 6.22. The number of ether oxygens (including phenoxy) is 1. The van der Waals surface area contributed by atoms with E-state index < -0.39 is 0 Å². The van der Waals surface area contributed by atoms with E-state index in [2.05, 4.69) is 11.8 Å². The van der Waals surface area contributed by atoms with Crippen molar-refractivity contribution >= 4 is 12.4 Å². The van der Waals surface area contributed by atoms with Crippen molar-refractivity contribution in [2.24, 2.45) is 11.1 Å². The highest BCUT2D eigenvalue weighted by molar-refractivity contribution is 5.85. The van der Waals surface area contributed by atoms with Crippen LogP contribution < -0.4 is 5.73 Å². The van der Waals surface area contributed by atoms with Crippen LogP contribution in [0.5, 0.6) is 0 Å². The third-order valence-corrected chi connectivity index (χ3v) is 4.40. The van der Waals surface area contributed by atoms with Crippen molar-refractivity contribution in [1.82, 2.24) is 4.90 Å². The molecule has 2 fully saturated rings. The number of nitrogens with zero attached hydrogens (tertiary/aromatic N) is 1. The SMILES string of the molecule is CCC1(CN2CCCC(N)C2)CCOCC1.Cl. The molecule has 0 bridgehead atoms. The third kappa shape index (κ3) is 4.09. The topological polar surface area (TPSA) is 38.5 Å². The molecule has 1 atom stereocenters. The number of likely N-dealkylation sites (tertiary alicyclic amines) is 1. The molecule has 2 aliphatic rings. The number of halogens is 1. The van der Waals surface area contributed by atoms with Gasteiger partial charge in [0, 0.05) is 32.3 Å². The molecule has 2 heterocycles. The molecule has 0 saturated carbocycles. The van der Waals surface area contributed by atoms with Crippen LogP contribution in [0, 0.1) is 5.41 Å². The van der Waals surface area contributed by atoms with Crippen molar-refractivity contribution in [2.45, 2.75) is 45.1 Å². The number of hydrogen-bond acceptors (Lipinski definition) is 3. The van der Waals surface area contributed by atoms with Gasteiger partial charge in [-0.25, -0.2) is 0 Å². The molecule has 3 nitrogen and oxygen atoms in total. The summed E-state index contributed by atoms with van der Waals surface area (Å²) in [5, 5.41) is 0. The lowest BCUT2D eigenvalue weighted by Crippen LogP contribution is -2.48. The minimum absolute atomic E-state index is 0. The lowest BCUT2D eigenvalue weighted by atomic mass is 9.77. The van der Waals surface area contributed by atoms with E-state index in [1.807, 2.05) is 0 Å². The summed E-state index contributed by atoms with van der Waals surface area (Å²) in [6.45, 7) is 7.82. The first kappa shape index (κ1) is 15.2. The van der Waals surface area contributed by atoms with Crippen LogP contribution in [0.2, 0.25) is 0 Å². The van der Waals surface area contributed by atoms with Crippen molar-refractivity contribution in [1.29, 1.82) is 0 Å². The van der Waals surface area contributed by atoms with E-state index in [-0.39, 0.29) is 12.4 Å². The molecule has 17 heavy (non-hydrogen) atoms. The molecule has 0 aromatic heterocycles. The first-order chi connectivity index (χ1) is 7.74. The molecular formula is C13H27ClN2O. The first-order valence-electron chi connectivity index (χ1n) is 6.80. The second-order valence-corrected chi connectivity index (χ2v) is 5.60. The lowest BCUT2D eigenvalue weighted by Gasteiger charge is -2.42. The molecule has 2 rings (SSSR count). The van der Waals surface area contributed by atoms with E-state index in [1.54, 1.807) is 0 Å². The van der Waals surface area contributed by atoms with E-state index >= 15 is 0 Å². The van der Waals surface area contributed by atoms with Crippen LogP contribution >= 0.6 is 12.4 Å². The van der Waals surface area contributed by atoms with Gasteiger partial charge < -0.3 is 15.4 Å². The maximum atomic E-state index is 6.05. The molecule has 2 saturated heterocycles. The van der Waals surface area contributed by atoms with Gasteiger partial charge >= 0.3 is 0 Å². The van der Waals surface area contributed by atoms with Crippen molar-refractivity contribution in [3.05, 3.63) is 0 Å². The Balaban J connectivity index is 0.00000144. The zero-order valence-corrected chi connectivity index (χ0v) is 11.8. The molecule has 0 spiro atoms. The first-order valence-corrected chi connectivity index (χ1v) is 6.80. The van der Waals surface area contributed by atoms with Gasteiger partial charge in [-0.15, -0.1) is 12.4 Å². The van der Waals surface area contributed by atoms with Crippen molar-refractivity contribution < 1.29 is 4.74 Å². The van der Waals surface area contributed by atoms with Gasteiger partial charge in [0.25, 0.3) is 0 Å². The molecular weight excluding hydrogens is 236 g/mol. The van der Waals surface area contributed by atoms with Gasteiger partial charge in [-0.05, 0) is 44.1 Å². The minimum atomic E-state index is 0. The second-order valence-electron chi connectivity index (χ2n) is 5.60. The van der Waals surface area contributed by atoms with Crippen LogP contribution in [-0.2, 0) is 4.74 Å². The van der Waals surface area contributed by atoms with Crippen LogP contribution in [-0.4, -0.2) is 43.8 Å². The summed E-state index contributed by atoms with van der Waals surface area (Å²) < 4.78 is 5.49. The summed E-state index contributed by atoms with van der Waals surface area (Å²) in [7, 11) is 0. The van der Waals surface area contributed by atoms with Gasteiger partial charge in [-0.2, -0.15) is 0 Å². The average molecular weight is 263 g/mol. The highest BCUT2D eigenvalue weighted by atomic mass is 35.5. The summed E-state index contributed by atoms with van der Waals surface area (Å²) >= 11 is 0. The van der Waals surface area contributed by atoms with Gasteiger partial charge in [-0.1, -0.05) is 6.92 Å². The highest BCUT2D eigenvalue weighted by Crippen LogP contribution is 2.35. The molecule has 2 N–H and O–H groups in total. The Hall–Kier alpha value is 0.170. The zero-order valence-electron chi connectivity index (χ0n) is 11.0. The maximum absolute atomic E-state index is 6.05. The lowest BCUT2D eigenvalue weighted by molar-refractivity contribution is -0.0108. The fourth-order valence-corrected chi connectivity index (χ4v) is 3.14. The van der Waals surface area contributed by atoms with Crippen molar-refractivity contribution in [3.63, 3.8) is 0 Å². The van der Waals surface area contributed by atoms with Crippen LogP contribution in [0.1, 0.15) is 39.0 Å². The predicted molar refractivity (Wildman–Crippen MR) is 73.7 cm³/mol. The van der Waals surface area contributed by atoms with E-state index in [0.29, 0.717) is 11.5 Å². The summed E-state index contributed by atoms with van der Waals surface area (Å²) in [4.78, 5) is 2.59. The molecule has 102 valence electrons. The van der Waals surface area contributed by atoms with E-state index in [0.717, 1.165) is 19.8 Å². The van der Waals surface area contributed by atoms with E-state index in [4.69, 9.17) is 10.5 Å². The zero-order chi connectivity index (χ0) is 11.4. The Morgan fingerprint density at radius 3 is 2.65 bits per heavy atom. The standard InChI is InChI=1S/C13H26N2O.ClH/c1-2-13(5-8-16-9-6-13)11-15-7-3-4-12(14)10-15;/h12H,2-11,14H2,1H3;1H. The molecule has 2 aliphatic heterocycles. The molecule has 0 radical (unpaired) electrons. The fraction of sp³-hybridized carbons (Fsp3) is 1.00. The Labute approximate surface area is 111 Å². The third-order valence-electron chi connectivity index (χ3n) is 4.40. The van der Waals surface area contributed by atoms with Gasteiger partial charge in [0.1, 0.15) is 0 Å². The molecule has 0 aromatic rings. The molecule has 0 amide bonds. The largest absolute Gasteiger partial charge is 0.381 e. The molecule has 4 heteroatoms. The number of rotatable bonds is 3. The quantitative estimate of drug-likeness (QED) is 0.846. The van der Waals surface area contributed by atoms with Crippen LogP contribution in [0.4, 0.5) is 0 Å². The number of hydrogen-bond donors (Lipinski definition) is 1. The summed E-state index contributed by atoms with van der Waals surface area (Å²) in [6, 6.07) is 0.405. The van der Waals surface area contributed by atoms with Crippen LogP contribution in [0.25, 0.3) is 0 Å². The second kappa shape index (κ2) is 6.93. The normalized spacial score (nSPS) is 29.6. The Morgan fingerprint density at radius 1 is 1.35 bits per heavy atom. The monoisotopic (exact) mass is 262 g/mol. The summed E-state index contributed by atoms with van der Waals surface area (Å²) in [5.41, 5.74) is 6.56. The van der Waals surface area contributed by atoms with Gasteiger partial charge in [0.15, 0.2) is 0 Å². The highest BCUT2D eigenvalue weighted by Gasteiger charge is 2.33. The summed E-state index contributed by atoms with van der Waals surface area (Å²) in [5.74, 6) is 0. The average Bonchev–Trinajstić information content (AvgIpc) is 2.30. The number of nitrogens with two attached hydrogens (primary N) is 1. The van der Waals surface area contributed by atoms with Gasteiger partial charge in [0.2, 0.25) is 0 Å². The maximum Gasteiger partial charge on any atom is 0.0471 e. The van der Waals surface area contributed by atoms with E-state index in [1.165, 1.54) is 45.2 Å². The van der Waals surface area contributed by atoms with Crippen molar-refractivity contribution in [2.75, 3.05) is 32.8 Å². The Bertz CT molecular complexity index is 219. The number of piperidine rings is 1. The molecule has 1 unspecified atom stereocenters. The van der Waals surface area contributed by atoms with Gasteiger partial charge in [-0.3, -0.25) is 0 Å². The van der Waals surface area contributed by atoms with Gasteiger partial charge in [0.05, 0.1) is 0 Å². The van der Waals surface area contributed by atoms with E-state index in [9.17, 15) is 0 Å². The Morgan fingerprint density at radius 2 is 2.06 bits per heavy atom. The van der Waals surface area contributed by atoms with Crippen molar-refractivity contribution in [3.8, 4) is 0 Å². The fourth-order valence-electron chi connectivity index (χ4n) is 3.14. The minimum Gasteiger partial charge on any atom is -0.381 e.